The SMILES string of the molecule is CCOc1cc(/C=C2/C(=O)NC(=S)N(c3cccc(Cl)c3)C2=O)ccc1O[C@H](C)C(=O)O. The van der Waals surface area contributed by atoms with Gasteiger partial charge in [-0.05, 0) is 68.0 Å². The first-order valence-electron chi connectivity index (χ1n) is 9.54. The Balaban J connectivity index is 1.97. The summed E-state index contributed by atoms with van der Waals surface area (Å²) in [7, 11) is 0. The van der Waals surface area contributed by atoms with Crippen LogP contribution in [0.2, 0.25) is 5.02 Å². The van der Waals surface area contributed by atoms with Crippen molar-refractivity contribution >= 4 is 58.5 Å². The monoisotopic (exact) mass is 474 g/mol. The molecule has 0 unspecified atom stereocenters. The van der Waals surface area contributed by atoms with Gasteiger partial charge in [0, 0.05) is 5.02 Å². The number of carbonyl (C=O) groups excluding carboxylic acids is 2. The second kappa shape index (κ2) is 9.80. The maximum Gasteiger partial charge on any atom is 0.344 e. The first kappa shape index (κ1) is 23.2. The first-order valence-corrected chi connectivity index (χ1v) is 10.3. The topological polar surface area (TPSA) is 105 Å². The van der Waals surface area contributed by atoms with Gasteiger partial charge >= 0.3 is 5.97 Å². The molecule has 0 aromatic heterocycles. The van der Waals surface area contributed by atoms with Crippen molar-refractivity contribution in [3.63, 3.8) is 0 Å². The van der Waals surface area contributed by atoms with Crippen LogP contribution >= 0.6 is 23.8 Å². The van der Waals surface area contributed by atoms with Gasteiger partial charge in [-0.1, -0.05) is 23.7 Å². The predicted octanol–water partition coefficient (Wildman–Crippen LogP) is 3.42. The average molecular weight is 475 g/mol. The Bertz CT molecular complexity index is 1130. The summed E-state index contributed by atoms with van der Waals surface area (Å²) in [5.41, 5.74) is 0.745. The Morgan fingerprint density at radius 1 is 1.25 bits per heavy atom. The fraction of sp³-hybridized carbons (Fsp3) is 0.182. The molecule has 1 saturated heterocycles. The van der Waals surface area contributed by atoms with Gasteiger partial charge in [-0.3, -0.25) is 19.8 Å². The number of benzene rings is 2. The second-order valence-corrected chi connectivity index (χ2v) is 7.50. The number of halogens is 1. The summed E-state index contributed by atoms with van der Waals surface area (Å²) < 4.78 is 11.0. The minimum absolute atomic E-state index is 0.0548. The van der Waals surface area contributed by atoms with E-state index in [1.165, 1.54) is 24.0 Å². The molecule has 32 heavy (non-hydrogen) atoms. The Labute approximate surface area is 194 Å². The highest BCUT2D eigenvalue weighted by Gasteiger charge is 2.34. The van der Waals surface area contributed by atoms with Crippen molar-refractivity contribution in [3.8, 4) is 11.5 Å². The number of carboxylic acids is 1. The van der Waals surface area contributed by atoms with Crippen molar-refractivity contribution in [1.82, 2.24) is 5.32 Å². The van der Waals surface area contributed by atoms with Gasteiger partial charge in [0.2, 0.25) is 0 Å². The van der Waals surface area contributed by atoms with E-state index in [2.05, 4.69) is 5.32 Å². The Kier molecular flexibility index (Phi) is 7.12. The normalized spacial score (nSPS) is 16.0. The average Bonchev–Trinajstić information content (AvgIpc) is 2.73. The van der Waals surface area contributed by atoms with E-state index in [4.69, 9.17) is 38.4 Å². The van der Waals surface area contributed by atoms with Crippen LogP contribution in [0, 0.1) is 0 Å². The third kappa shape index (κ3) is 5.06. The molecule has 0 spiro atoms. The molecule has 0 saturated carbocycles. The summed E-state index contributed by atoms with van der Waals surface area (Å²) in [6.45, 7) is 3.46. The van der Waals surface area contributed by atoms with Gasteiger partial charge in [-0.2, -0.15) is 0 Å². The van der Waals surface area contributed by atoms with E-state index in [9.17, 15) is 14.4 Å². The van der Waals surface area contributed by atoms with E-state index in [1.54, 1.807) is 43.3 Å². The van der Waals surface area contributed by atoms with Gasteiger partial charge in [0.1, 0.15) is 5.57 Å². The molecule has 1 heterocycles. The fourth-order valence-corrected chi connectivity index (χ4v) is 3.36. The summed E-state index contributed by atoms with van der Waals surface area (Å²) in [4.78, 5) is 37.9. The van der Waals surface area contributed by atoms with E-state index < -0.39 is 23.9 Å². The third-order valence-corrected chi connectivity index (χ3v) is 4.92. The molecule has 1 aliphatic heterocycles. The Morgan fingerprint density at radius 3 is 2.66 bits per heavy atom. The molecule has 1 atom stereocenters. The maximum atomic E-state index is 13.1. The van der Waals surface area contributed by atoms with Gasteiger partial charge < -0.3 is 14.6 Å². The van der Waals surface area contributed by atoms with Gasteiger partial charge in [0.25, 0.3) is 11.8 Å². The lowest BCUT2D eigenvalue weighted by Gasteiger charge is -2.29. The fourth-order valence-electron chi connectivity index (χ4n) is 2.89. The molecule has 0 bridgehead atoms. The predicted molar refractivity (Wildman–Crippen MR) is 123 cm³/mol. The number of ether oxygens (including phenoxy) is 2. The number of thiocarbonyl (C=S) groups is 1. The van der Waals surface area contributed by atoms with E-state index in [1.807, 2.05) is 0 Å². The van der Waals surface area contributed by atoms with E-state index in [-0.39, 0.29) is 22.2 Å². The van der Waals surface area contributed by atoms with Crippen LogP contribution in [-0.2, 0) is 14.4 Å². The van der Waals surface area contributed by atoms with Gasteiger partial charge in [0.05, 0.1) is 12.3 Å². The van der Waals surface area contributed by atoms with Gasteiger partial charge in [0.15, 0.2) is 22.7 Å². The van der Waals surface area contributed by atoms with Crippen molar-refractivity contribution in [3.05, 3.63) is 58.6 Å². The van der Waals surface area contributed by atoms with Crippen molar-refractivity contribution in [2.24, 2.45) is 0 Å². The van der Waals surface area contributed by atoms with Crippen LogP contribution in [0.1, 0.15) is 19.4 Å². The van der Waals surface area contributed by atoms with Crippen LogP contribution in [0.25, 0.3) is 6.08 Å². The van der Waals surface area contributed by atoms with Crippen molar-refractivity contribution in [1.29, 1.82) is 0 Å². The lowest BCUT2D eigenvalue weighted by molar-refractivity contribution is -0.144. The van der Waals surface area contributed by atoms with E-state index in [0.29, 0.717) is 22.9 Å². The highest BCUT2D eigenvalue weighted by molar-refractivity contribution is 7.80. The molecule has 2 N–H and O–H groups in total. The van der Waals surface area contributed by atoms with Gasteiger partial charge in [-0.15, -0.1) is 0 Å². The maximum absolute atomic E-state index is 13.1. The number of carboxylic acid groups (broad SMARTS) is 1. The smallest absolute Gasteiger partial charge is 0.344 e. The number of anilines is 1. The second-order valence-electron chi connectivity index (χ2n) is 6.68. The first-order chi connectivity index (χ1) is 15.2. The van der Waals surface area contributed by atoms with Gasteiger partial charge in [-0.25, -0.2) is 4.79 Å². The molecule has 1 fully saturated rings. The van der Waals surface area contributed by atoms with Crippen LogP contribution in [-0.4, -0.2) is 40.7 Å². The van der Waals surface area contributed by atoms with E-state index in [0.717, 1.165) is 0 Å². The summed E-state index contributed by atoms with van der Waals surface area (Å²) in [6.07, 6.45) is 0.306. The van der Waals surface area contributed by atoms with Crippen LogP contribution in [0.15, 0.2) is 48.0 Å². The standard InChI is InChI=1S/C22H19ClN2O6S/c1-3-30-18-10-13(7-8-17(18)31-12(2)21(28)29)9-16-19(26)24-22(32)25(20(16)27)15-6-4-5-14(23)11-15/h4-12H,3H2,1-2H3,(H,28,29)(H,24,26,32)/b16-9-/t12-/m1/s1. The number of hydrogen-bond acceptors (Lipinski definition) is 6. The number of aliphatic carboxylic acids is 1. The van der Waals surface area contributed by atoms with Crippen LogP contribution in [0.4, 0.5) is 5.69 Å². The van der Waals surface area contributed by atoms with Crippen LogP contribution < -0.4 is 19.7 Å². The highest BCUT2D eigenvalue weighted by Crippen LogP contribution is 2.31. The lowest BCUT2D eigenvalue weighted by Crippen LogP contribution is -2.54. The summed E-state index contributed by atoms with van der Waals surface area (Å²) >= 11 is 11.2. The largest absolute Gasteiger partial charge is 0.490 e. The minimum Gasteiger partial charge on any atom is -0.490 e. The van der Waals surface area contributed by atoms with Crippen molar-refractivity contribution in [2.75, 3.05) is 11.5 Å². The zero-order chi connectivity index (χ0) is 23.4. The quantitative estimate of drug-likeness (QED) is 0.360. The number of rotatable bonds is 7. The number of hydrogen-bond donors (Lipinski definition) is 2. The molecule has 1 aliphatic rings. The molecular weight excluding hydrogens is 456 g/mol. The molecule has 166 valence electrons. The zero-order valence-electron chi connectivity index (χ0n) is 17.1. The number of nitrogens with one attached hydrogen (secondary N) is 1. The molecule has 0 radical (unpaired) electrons. The molecular formula is C22H19ClN2O6S. The summed E-state index contributed by atoms with van der Waals surface area (Å²) in [5.74, 6) is -1.87. The Morgan fingerprint density at radius 2 is 2.00 bits per heavy atom. The highest BCUT2D eigenvalue weighted by atomic mass is 35.5. The molecule has 2 aromatic rings. The molecule has 0 aliphatic carbocycles. The zero-order valence-corrected chi connectivity index (χ0v) is 18.7. The van der Waals surface area contributed by atoms with E-state index >= 15 is 0 Å². The lowest BCUT2D eigenvalue weighted by atomic mass is 10.1. The molecule has 2 aromatic carbocycles. The Hall–Kier alpha value is -3.43. The third-order valence-electron chi connectivity index (χ3n) is 4.40. The molecule has 2 amide bonds. The summed E-state index contributed by atoms with van der Waals surface area (Å²) in [6, 6.07) is 11.2. The van der Waals surface area contributed by atoms with Crippen LogP contribution in [0.3, 0.4) is 0 Å². The molecule has 8 nitrogen and oxygen atoms in total. The number of amides is 2. The van der Waals surface area contributed by atoms with Crippen LogP contribution in [0.5, 0.6) is 11.5 Å². The van der Waals surface area contributed by atoms with Crippen molar-refractivity contribution < 1.29 is 29.0 Å². The molecule has 3 rings (SSSR count). The number of carbonyl (C=O) groups is 3. The summed E-state index contributed by atoms with van der Waals surface area (Å²) in [5, 5.41) is 11.9. The van der Waals surface area contributed by atoms with Crippen molar-refractivity contribution in [2.45, 2.75) is 20.0 Å². The minimum atomic E-state index is -1.12. The molecule has 10 heteroatoms. The number of nitrogens with zero attached hydrogens (tertiary/aromatic N) is 1.